The fourth-order valence-electron chi connectivity index (χ4n) is 2.39. The van der Waals surface area contributed by atoms with E-state index in [1.807, 2.05) is 21.6 Å². The van der Waals surface area contributed by atoms with Crippen molar-refractivity contribution in [2.24, 2.45) is 0 Å². The molecular weight excluding hydrogens is 358 g/mol. The first-order chi connectivity index (χ1) is 11.6. The van der Waals surface area contributed by atoms with Crippen molar-refractivity contribution in [1.82, 2.24) is 0 Å². The van der Waals surface area contributed by atoms with Crippen molar-refractivity contribution in [3.63, 3.8) is 0 Å². The van der Waals surface area contributed by atoms with Gasteiger partial charge in [0.25, 0.3) is 0 Å². The second-order valence-corrected chi connectivity index (χ2v) is 8.83. The molecule has 0 radical (unpaired) electrons. The Hall–Kier alpha value is 0.835. The van der Waals surface area contributed by atoms with E-state index in [1.54, 1.807) is 0 Å². The SMILES string of the molecule is O=C([O-])CCCCCCCCSSCCCCCCCCC(=O)[O-].[Li+].[Li+]. The Morgan fingerprint density at radius 2 is 0.769 bits per heavy atom. The molecular formula is C18H32Li2O4S2. The maximum absolute atomic E-state index is 10.2. The zero-order chi connectivity index (χ0) is 17.9. The third-order valence-corrected chi connectivity index (χ3v) is 6.38. The number of hydrogen-bond donors (Lipinski definition) is 0. The van der Waals surface area contributed by atoms with Gasteiger partial charge in [0.1, 0.15) is 0 Å². The van der Waals surface area contributed by atoms with Gasteiger partial charge in [0.2, 0.25) is 0 Å². The maximum atomic E-state index is 10.2. The summed E-state index contributed by atoms with van der Waals surface area (Å²) < 4.78 is 0. The molecule has 0 saturated heterocycles. The average molecular weight is 390 g/mol. The molecule has 0 aromatic rings. The van der Waals surface area contributed by atoms with Gasteiger partial charge < -0.3 is 19.8 Å². The van der Waals surface area contributed by atoms with Crippen LogP contribution in [0.4, 0.5) is 0 Å². The molecule has 0 aromatic carbocycles. The number of unbranched alkanes of at least 4 members (excludes halogenated alkanes) is 10. The van der Waals surface area contributed by atoms with Crippen molar-refractivity contribution in [3.8, 4) is 0 Å². The number of carbonyl (C=O) groups is 2. The van der Waals surface area contributed by atoms with Gasteiger partial charge in [-0.05, 0) is 38.5 Å². The summed E-state index contributed by atoms with van der Waals surface area (Å²) in [4.78, 5) is 20.5. The molecule has 0 aliphatic heterocycles. The number of carboxylic acids is 2. The summed E-state index contributed by atoms with van der Waals surface area (Å²) in [6.45, 7) is 0. The van der Waals surface area contributed by atoms with Crippen LogP contribution in [0.1, 0.15) is 89.9 Å². The molecule has 0 atom stereocenters. The van der Waals surface area contributed by atoms with Gasteiger partial charge in [0, 0.05) is 23.4 Å². The monoisotopic (exact) mass is 390 g/mol. The van der Waals surface area contributed by atoms with Gasteiger partial charge in [-0.25, -0.2) is 0 Å². The molecule has 4 nitrogen and oxygen atoms in total. The summed E-state index contributed by atoms with van der Waals surface area (Å²) in [5.41, 5.74) is 0. The topological polar surface area (TPSA) is 80.3 Å². The van der Waals surface area contributed by atoms with E-state index in [2.05, 4.69) is 0 Å². The number of hydrogen-bond acceptors (Lipinski definition) is 6. The Kier molecular flexibility index (Phi) is 31.3. The quantitative estimate of drug-likeness (QED) is 0.136. The van der Waals surface area contributed by atoms with Gasteiger partial charge in [-0.15, -0.1) is 0 Å². The molecule has 0 saturated carbocycles. The smallest absolute Gasteiger partial charge is 0.550 e. The number of aliphatic carboxylic acids is 2. The predicted octanol–water partition coefficient (Wildman–Crippen LogP) is -2.66. The average Bonchev–Trinajstić information content (AvgIpc) is 2.53. The van der Waals surface area contributed by atoms with Crippen LogP contribution in [0.25, 0.3) is 0 Å². The van der Waals surface area contributed by atoms with Crippen LogP contribution in [-0.4, -0.2) is 23.4 Å². The molecule has 0 heterocycles. The molecule has 26 heavy (non-hydrogen) atoms. The van der Waals surface area contributed by atoms with E-state index < -0.39 is 11.9 Å². The van der Waals surface area contributed by atoms with Crippen LogP contribution in [0, 0.1) is 0 Å². The van der Waals surface area contributed by atoms with Crippen molar-refractivity contribution in [2.45, 2.75) is 89.9 Å². The molecule has 0 amide bonds. The molecule has 0 N–H and O–H groups in total. The molecule has 0 aliphatic rings. The molecule has 0 fully saturated rings. The number of carboxylic acid groups (broad SMARTS) is 2. The summed E-state index contributed by atoms with van der Waals surface area (Å²) in [6.07, 6.45) is 13.6. The first-order valence-electron chi connectivity index (χ1n) is 9.27. The Morgan fingerprint density at radius 1 is 0.500 bits per heavy atom. The Morgan fingerprint density at radius 3 is 1.08 bits per heavy atom. The summed E-state index contributed by atoms with van der Waals surface area (Å²) in [6, 6.07) is 0. The van der Waals surface area contributed by atoms with Crippen LogP contribution in [-0.2, 0) is 9.59 Å². The van der Waals surface area contributed by atoms with E-state index in [-0.39, 0.29) is 50.6 Å². The third-order valence-electron chi connectivity index (χ3n) is 3.80. The molecule has 142 valence electrons. The minimum Gasteiger partial charge on any atom is -0.550 e. The zero-order valence-corrected chi connectivity index (χ0v) is 18.4. The van der Waals surface area contributed by atoms with Gasteiger partial charge >= 0.3 is 37.7 Å². The summed E-state index contributed by atoms with van der Waals surface area (Å²) in [5, 5.41) is 20.5. The second kappa shape index (κ2) is 25.8. The Balaban J connectivity index is -0.00000264. The predicted molar refractivity (Wildman–Crippen MR) is 99.6 cm³/mol. The van der Waals surface area contributed by atoms with Crippen molar-refractivity contribution < 1.29 is 57.5 Å². The van der Waals surface area contributed by atoms with Crippen LogP contribution in [0.15, 0.2) is 0 Å². The molecule has 0 aliphatic carbocycles. The van der Waals surface area contributed by atoms with E-state index >= 15 is 0 Å². The molecule has 8 heteroatoms. The van der Waals surface area contributed by atoms with Crippen molar-refractivity contribution in [1.29, 1.82) is 0 Å². The minimum absolute atomic E-state index is 0. The molecule has 0 bridgehead atoms. The fourth-order valence-corrected chi connectivity index (χ4v) is 4.69. The Bertz CT molecular complexity index is 292. The first-order valence-corrected chi connectivity index (χ1v) is 11.8. The van der Waals surface area contributed by atoms with Gasteiger partial charge in [0.15, 0.2) is 0 Å². The van der Waals surface area contributed by atoms with Gasteiger partial charge in [0.05, 0.1) is 0 Å². The van der Waals surface area contributed by atoms with Crippen molar-refractivity contribution in [2.75, 3.05) is 11.5 Å². The van der Waals surface area contributed by atoms with E-state index in [0.29, 0.717) is 0 Å². The molecule has 0 unspecified atom stereocenters. The van der Waals surface area contributed by atoms with E-state index in [1.165, 1.54) is 50.0 Å². The standard InChI is InChI=1S/C18H34O4S2.2Li/c19-17(20)13-9-5-1-3-7-11-15-23-24-16-12-8-4-2-6-10-14-18(21)22;;/h1-16H2,(H,19,20)(H,21,22);;/q;2*+1/p-2. The van der Waals surface area contributed by atoms with Crippen molar-refractivity contribution in [3.05, 3.63) is 0 Å². The molecule has 0 spiro atoms. The van der Waals surface area contributed by atoms with Crippen LogP contribution in [0.3, 0.4) is 0 Å². The van der Waals surface area contributed by atoms with Gasteiger partial charge in [-0.3, -0.25) is 0 Å². The summed E-state index contributed by atoms with van der Waals surface area (Å²) in [7, 11) is 3.92. The normalized spacial score (nSPS) is 10.0. The second-order valence-electron chi connectivity index (χ2n) is 6.13. The van der Waals surface area contributed by atoms with Crippen LogP contribution in [0.5, 0.6) is 0 Å². The van der Waals surface area contributed by atoms with Gasteiger partial charge in [-0.2, -0.15) is 0 Å². The third kappa shape index (κ3) is 29.6. The fraction of sp³-hybridized carbons (Fsp3) is 0.889. The minimum atomic E-state index is -0.931. The van der Waals surface area contributed by atoms with Gasteiger partial charge in [-0.1, -0.05) is 73.0 Å². The largest absolute Gasteiger partial charge is 1.00 e. The molecule has 0 rings (SSSR count). The summed E-state index contributed by atoms with van der Waals surface area (Å²) in [5.74, 6) is 0.540. The van der Waals surface area contributed by atoms with Crippen LogP contribution >= 0.6 is 21.6 Å². The zero-order valence-electron chi connectivity index (χ0n) is 16.8. The molecule has 0 aromatic heterocycles. The van der Waals surface area contributed by atoms with Crippen LogP contribution < -0.4 is 47.9 Å². The summed E-state index contributed by atoms with van der Waals surface area (Å²) >= 11 is 0. The number of carbonyl (C=O) groups excluding carboxylic acids is 2. The maximum Gasteiger partial charge on any atom is 1.00 e. The van der Waals surface area contributed by atoms with E-state index in [0.717, 1.165) is 38.5 Å². The van der Waals surface area contributed by atoms with Crippen molar-refractivity contribution >= 4 is 33.5 Å². The van der Waals surface area contributed by atoms with E-state index in [9.17, 15) is 19.8 Å². The first kappa shape index (κ1) is 31.5. The van der Waals surface area contributed by atoms with Crippen LogP contribution in [0.2, 0.25) is 0 Å². The number of rotatable bonds is 19. The Labute approximate surface area is 191 Å². The van der Waals surface area contributed by atoms with E-state index in [4.69, 9.17) is 0 Å².